The summed E-state index contributed by atoms with van der Waals surface area (Å²) in [7, 11) is 10.2. The number of pyridine rings is 3. The van der Waals surface area contributed by atoms with E-state index in [9.17, 15) is 59.5 Å². The normalized spacial score (nSPS) is 16.1. The van der Waals surface area contributed by atoms with Crippen LogP contribution in [0.2, 0.25) is 0 Å². The second-order valence-corrected chi connectivity index (χ2v) is 33.9. The number of carbonyl (C=O) groups excluding carboxylic acids is 6. The van der Waals surface area contributed by atoms with E-state index < -0.39 is 54.7 Å². The van der Waals surface area contributed by atoms with Crippen LogP contribution in [-0.4, -0.2) is 215 Å². The van der Waals surface area contributed by atoms with Gasteiger partial charge in [0.2, 0.25) is 17.7 Å². The summed E-state index contributed by atoms with van der Waals surface area (Å²) in [5, 5.41) is 23.9. The Morgan fingerprint density at radius 3 is 1.50 bits per heavy atom. The van der Waals surface area contributed by atoms with Crippen LogP contribution in [0.15, 0.2) is 185 Å². The average molecular weight is 1900 g/mol. The average Bonchev–Trinajstić information content (AvgIpc) is 1.65. The highest BCUT2D eigenvalue weighted by Gasteiger charge is 2.33. The van der Waals surface area contributed by atoms with Gasteiger partial charge in [-0.1, -0.05) is 60.7 Å². The molecule has 1 aliphatic heterocycles. The molecule has 2 saturated carbocycles. The molecule has 13 aromatic rings. The molecule has 42 heteroatoms. The number of primary amides is 3. The van der Waals surface area contributed by atoms with Gasteiger partial charge in [-0.2, -0.15) is 41.6 Å². The largest absolute Gasteiger partial charge is 0.444 e. The molecule has 0 unspecified atom stereocenters. The van der Waals surface area contributed by atoms with Crippen LogP contribution in [-0.2, 0) is 50.3 Å². The van der Waals surface area contributed by atoms with E-state index in [1.807, 2.05) is 25.1 Å². The lowest BCUT2D eigenvalue weighted by atomic mass is 9.90. The van der Waals surface area contributed by atoms with Crippen LogP contribution in [0, 0.1) is 6.92 Å². The molecule has 11 aromatic heterocycles. The third kappa shape index (κ3) is 26.7. The zero-order chi connectivity index (χ0) is 97.9. The Morgan fingerprint density at radius 2 is 0.993 bits per heavy atom. The maximum absolute atomic E-state index is 13.8. The summed E-state index contributed by atoms with van der Waals surface area (Å²) in [5.41, 5.74) is 25.4. The molecule has 0 bridgehead atoms. The van der Waals surface area contributed by atoms with Gasteiger partial charge in [0, 0.05) is 165 Å². The Balaban J connectivity index is 0.000000139. The molecule has 0 radical (unpaired) electrons. The Hall–Kier alpha value is -15.2. The van der Waals surface area contributed by atoms with Gasteiger partial charge in [0.1, 0.15) is 90.2 Å². The summed E-state index contributed by atoms with van der Waals surface area (Å²) in [6.45, 7) is 0.644. The molecule has 0 spiro atoms. The molecule has 3 fully saturated rings. The Kier molecular flexibility index (Phi) is 32.2. The number of amides is 3. The van der Waals surface area contributed by atoms with Crippen LogP contribution >= 0.6 is 0 Å². The minimum absolute atomic E-state index is 0.0131. The number of Topliss-reactive ketones (excluding diaryl/α,β-unsaturated/α-hetero) is 3. The fraction of sp³-hybridized carbons (Fsp3) is 0.344. The summed E-state index contributed by atoms with van der Waals surface area (Å²) >= 11 is 0. The summed E-state index contributed by atoms with van der Waals surface area (Å²) in [5.74, 6) is -0.617. The van der Waals surface area contributed by atoms with Crippen LogP contribution in [0.4, 0.5) is 54.0 Å². The maximum Gasteiger partial charge on any atom is 0.405 e. The number of aromatic nitrogens is 16. The van der Waals surface area contributed by atoms with Crippen molar-refractivity contribution in [3.63, 3.8) is 0 Å². The van der Waals surface area contributed by atoms with Crippen molar-refractivity contribution in [2.75, 3.05) is 75.8 Å². The number of rotatable bonds is 29. The van der Waals surface area contributed by atoms with Crippen molar-refractivity contribution in [1.29, 1.82) is 0 Å². The number of allylic oxidation sites excluding steroid dienone is 2. The number of alkyl halides is 6. The molecule has 4 aliphatic carbocycles. The first kappa shape index (κ1) is 98.8. The number of anilines is 4. The fourth-order valence-electron chi connectivity index (χ4n) is 16.3. The molecule has 720 valence electrons. The molecule has 18 rings (SSSR count). The van der Waals surface area contributed by atoms with E-state index in [1.165, 1.54) is 121 Å². The molecule has 35 nitrogen and oxygen atoms in total. The van der Waals surface area contributed by atoms with Gasteiger partial charge in [0.05, 0.1) is 28.7 Å². The Labute approximate surface area is 787 Å². The highest BCUT2D eigenvalue weighted by molar-refractivity contribution is 6.01. The van der Waals surface area contributed by atoms with Gasteiger partial charge >= 0.3 is 12.4 Å². The van der Waals surface area contributed by atoms with Crippen molar-refractivity contribution < 1.29 is 77.5 Å². The standard InChI is InChI=1S/C22H17F3N6O3.C22H28N4.C20H21N5O4.C17H15F3N6O3.C15H21FN4/c23-22(24,25)12-28-18-9-13(6-7-27-18)21-29-16(11-34-21)17(32)8-14-10-31(30-19(14)20(26)33)15-4-2-1-3-5-15;1-26(2)18-13-11-17(12-14-18)23-22-19-9-6-10-20(19)24-21(25-22)15-16-7-4-3-5-8-16;1-12-8-13(2-5-22-12)20-23-16(11-29-20)17(26)9-14-10-25(24-18(14)19(21)27)15-3-6-28-7-4-15;1-26-6-10(14(25-26)15(21)28)4-12(27)11-7-29-16(24-11)9-2-3-22-13(5-9)23-8-17(18,19)20;1-20(2)11-5-3-10(4-6-11)19-15-14-12(16)7-8-13(14)17-9-18-15/h1-7,9-11H,8,12H2,(H2,26,33)(H,27,28);3-9,17-18H,10-15H2,1-2H3,(H,23,24,25);2,5,8,10-11,15H,3-4,6-7,9H2,1H3,(H2,21,27);2-3,5-7H,4,8H2,1H3,(H2,21,28)(H,22,23);7,9-11H,3-6,8H2,1-2H3,(H,17,18,19). The summed E-state index contributed by atoms with van der Waals surface area (Å²) in [6.07, 6.45) is 24.2. The number of ketones is 3. The summed E-state index contributed by atoms with van der Waals surface area (Å²) in [4.78, 5) is 120. The van der Waals surface area contributed by atoms with Crippen LogP contribution in [0.25, 0.3) is 52.0 Å². The highest BCUT2D eigenvalue weighted by Crippen LogP contribution is 2.36. The van der Waals surface area contributed by atoms with E-state index in [4.69, 9.17) is 45.2 Å². The van der Waals surface area contributed by atoms with Crippen molar-refractivity contribution in [2.45, 2.75) is 152 Å². The molecular formula is C96H102F7N25O10. The van der Waals surface area contributed by atoms with Crippen molar-refractivity contribution in [1.82, 2.24) is 89.0 Å². The first-order valence-corrected chi connectivity index (χ1v) is 44.5. The highest BCUT2D eigenvalue weighted by atomic mass is 19.4. The number of nitrogens with zero attached hydrogens (tertiary/aromatic N) is 18. The number of fused-ring (bicyclic) bond motifs is 2. The number of oxazole rings is 3. The quantitative estimate of drug-likeness (QED) is 0.0169. The van der Waals surface area contributed by atoms with E-state index in [-0.39, 0.29) is 94.5 Å². The number of aryl methyl sites for hydroxylation is 2. The number of nitrogens with one attached hydrogen (secondary N) is 4. The Morgan fingerprint density at radius 1 is 0.514 bits per heavy atom. The molecule has 138 heavy (non-hydrogen) atoms. The lowest BCUT2D eigenvalue weighted by molar-refractivity contribution is -0.116. The predicted octanol–water partition coefficient (Wildman–Crippen LogP) is 14.1. The van der Waals surface area contributed by atoms with Crippen molar-refractivity contribution in [2.24, 2.45) is 24.2 Å². The third-order valence-corrected chi connectivity index (χ3v) is 23.4. The number of hydrogen-bond donors (Lipinski definition) is 7. The third-order valence-electron chi connectivity index (χ3n) is 23.4. The molecule has 2 aromatic carbocycles. The van der Waals surface area contributed by atoms with Crippen molar-refractivity contribution >= 4 is 70.2 Å². The minimum atomic E-state index is -4.40. The van der Waals surface area contributed by atoms with Crippen LogP contribution in [0.3, 0.4) is 0 Å². The van der Waals surface area contributed by atoms with Crippen molar-refractivity contribution in [3.8, 4) is 40.0 Å². The molecule has 12 heterocycles. The molecular weight excluding hydrogens is 1800 g/mol. The van der Waals surface area contributed by atoms with Gasteiger partial charge in [0.15, 0.2) is 34.4 Å². The monoisotopic (exact) mass is 1900 g/mol. The zero-order valence-electron chi connectivity index (χ0n) is 76.3. The summed E-state index contributed by atoms with van der Waals surface area (Å²) in [6, 6.07) is 31.1. The zero-order valence-corrected chi connectivity index (χ0v) is 76.3. The van der Waals surface area contributed by atoms with Gasteiger partial charge in [-0.25, -0.2) is 53.9 Å². The van der Waals surface area contributed by atoms with Gasteiger partial charge in [-0.15, -0.1) is 0 Å². The molecule has 3 amide bonds. The van der Waals surface area contributed by atoms with Gasteiger partial charge in [-0.3, -0.25) is 43.1 Å². The lowest BCUT2D eigenvalue weighted by Crippen LogP contribution is -2.36. The van der Waals surface area contributed by atoms with E-state index in [1.54, 1.807) is 60.5 Å². The van der Waals surface area contributed by atoms with Gasteiger partial charge < -0.3 is 66.3 Å². The van der Waals surface area contributed by atoms with Crippen molar-refractivity contribution in [3.05, 3.63) is 262 Å². The fourth-order valence-corrected chi connectivity index (χ4v) is 16.3. The van der Waals surface area contributed by atoms with E-state index in [2.05, 4.69) is 151 Å². The number of benzene rings is 2. The smallest absolute Gasteiger partial charge is 0.405 e. The number of hydrogen-bond acceptors (Lipinski definition) is 29. The summed E-state index contributed by atoms with van der Waals surface area (Å²) < 4.78 is 114. The van der Waals surface area contributed by atoms with Crippen LogP contribution in [0.1, 0.15) is 189 Å². The minimum Gasteiger partial charge on any atom is -0.444 e. The number of para-hydroxylation sites is 1. The first-order valence-electron chi connectivity index (χ1n) is 44.5. The van der Waals surface area contributed by atoms with Gasteiger partial charge in [0.25, 0.3) is 17.7 Å². The number of carbonyl (C=O) groups is 6. The van der Waals surface area contributed by atoms with Gasteiger partial charge in [-0.05, 0) is 159 Å². The second-order valence-electron chi connectivity index (χ2n) is 33.9. The number of nitrogens with two attached hydrogens (primary N) is 3. The lowest BCUT2D eigenvalue weighted by Gasteiger charge is -2.33. The molecule has 1 saturated heterocycles. The Bertz CT molecular complexity index is 6500. The van der Waals surface area contributed by atoms with E-state index in [0.717, 1.165) is 91.4 Å². The molecule has 10 N–H and O–H groups in total. The predicted molar refractivity (Wildman–Crippen MR) is 496 cm³/mol. The van der Waals surface area contributed by atoms with Crippen LogP contribution < -0.4 is 38.5 Å². The maximum atomic E-state index is 13.8. The van der Waals surface area contributed by atoms with Crippen LogP contribution in [0.5, 0.6) is 0 Å². The number of ether oxygens (including phenoxy) is 1. The molecule has 5 aliphatic rings. The number of halogens is 7. The van der Waals surface area contributed by atoms with E-state index in [0.29, 0.717) is 88.5 Å². The SMILES string of the molecule is CN(C)C1CCC(Nc2nc(Cc3ccccc3)nc3c2C=CC3)CC1.CN(C)C1CCC(Nc2ncnc3c2C(F)=CC3)CC1.Cc1cc(-c2nc(C(=O)Cc3cn(C4CCOCC4)nc3C(N)=O)co2)ccn1.Cn1cc(CC(=O)c2coc(-c3ccnc(NCC(F)(F)F)c3)n2)c(C(N)=O)n1.NC(=O)c1nn(-c2ccccc2)cc1CC(=O)c1coc(-c2ccnc(NCC(F)(F)F)c2)n1. The van der Waals surface area contributed by atoms with E-state index >= 15 is 0 Å². The first-order chi connectivity index (χ1) is 66.2. The topological polar surface area (TPSA) is 466 Å². The second kappa shape index (κ2) is 45.0. The molecule has 0 atom stereocenters.